The molecule has 20 heavy (non-hydrogen) atoms. The minimum atomic E-state index is -2.24. The molecule has 6 heteroatoms. The zero-order valence-corrected chi connectivity index (χ0v) is 12.5. The van der Waals surface area contributed by atoms with Crippen LogP contribution in [0.15, 0.2) is 30.3 Å². The summed E-state index contributed by atoms with van der Waals surface area (Å²) in [5.74, 6) is -1.12. The number of alkyl halides is 1. The zero-order chi connectivity index (χ0) is 15.4. The van der Waals surface area contributed by atoms with Gasteiger partial charge in [-0.25, -0.2) is 5.32 Å². The third-order valence-corrected chi connectivity index (χ3v) is 2.56. The summed E-state index contributed by atoms with van der Waals surface area (Å²) in [6.07, 6.45) is 0.179. The van der Waals surface area contributed by atoms with Gasteiger partial charge in [0.05, 0.1) is 5.60 Å². The van der Waals surface area contributed by atoms with Crippen molar-refractivity contribution in [3.05, 3.63) is 35.9 Å². The Bertz CT molecular complexity index is 442. The van der Waals surface area contributed by atoms with Crippen molar-refractivity contribution < 1.29 is 19.7 Å². The molecular weight excluding hydrogens is 282 g/mol. The molecule has 0 aliphatic heterocycles. The first-order valence-corrected chi connectivity index (χ1v) is 6.63. The van der Waals surface area contributed by atoms with Crippen molar-refractivity contribution in [2.45, 2.75) is 44.2 Å². The van der Waals surface area contributed by atoms with E-state index in [1.807, 2.05) is 18.2 Å². The van der Waals surface area contributed by atoms with E-state index in [9.17, 15) is 15.0 Å². The summed E-state index contributed by atoms with van der Waals surface area (Å²) in [5, 5.41) is 19.3. The third-order valence-electron chi connectivity index (χ3n) is 2.37. The van der Waals surface area contributed by atoms with Crippen LogP contribution in [-0.4, -0.2) is 33.2 Å². The molecule has 112 valence electrons. The second-order valence-corrected chi connectivity index (χ2v) is 6.01. The molecule has 0 aliphatic rings. The number of aliphatic carboxylic acids is 1. The lowest BCUT2D eigenvalue weighted by Gasteiger charge is -2.32. The molecule has 0 fully saturated rings. The summed E-state index contributed by atoms with van der Waals surface area (Å²) < 4.78 is 5.19. The molecule has 3 N–H and O–H groups in total. The summed E-state index contributed by atoms with van der Waals surface area (Å²) in [6, 6.07) is 8.00. The number of carboxylic acids is 1. The first-order valence-electron chi connectivity index (χ1n) is 6.25. The molecule has 0 radical (unpaired) electrons. The minimum Gasteiger partial charge on any atom is -0.480 e. The topological polar surface area (TPSA) is 78.8 Å². The average molecular weight is 302 g/mol. The predicted molar refractivity (Wildman–Crippen MR) is 76.3 cm³/mol. The number of nitrogens with one attached hydrogen (secondary N) is 1. The number of benzene rings is 1. The van der Waals surface area contributed by atoms with Crippen molar-refractivity contribution in [2.75, 3.05) is 0 Å². The molecule has 1 unspecified atom stereocenters. The van der Waals surface area contributed by atoms with E-state index in [1.54, 1.807) is 32.9 Å². The van der Waals surface area contributed by atoms with Crippen LogP contribution in [0.5, 0.6) is 0 Å². The molecule has 0 heterocycles. The molecule has 0 spiro atoms. The quantitative estimate of drug-likeness (QED) is 0.425. The van der Waals surface area contributed by atoms with Gasteiger partial charge in [-0.15, -0.1) is 0 Å². The van der Waals surface area contributed by atoms with E-state index in [2.05, 4.69) is 5.32 Å². The maximum atomic E-state index is 11.3. The molecule has 1 rings (SSSR count). The Morgan fingerprint density at radius 2 is 1.90 bits per heavy atom. The Kier molecular flexibility index (Phi) is 5.53. The third kappa shape index (κ3) is 6.34. The van der Waals surface area contributed by atoms with Gasteiger partial charge >= 0.3 is 11.3 Å². The molecule has 0 saturated carbocycles. The summed E-state index contributed by atoms with van der Waals surface area (Å²) in [7, 11) is 0. The van der Waals surface area contributed by atoms with E-state index in [0.717, 1.165) is 5.56 Å². The molecular formula is C14H20ClNO4. The molecule has 5 nitrogen and oxygen atoms in total. The maximum absolute atomic E-state index is 11.3. The van der Waals surface area contributed by atoms with Crippen LogP contribution in [0, 0.1) is 0 Å². The maximum Gasteiger partial charge on any atom is 0.321 e. The summed E-state index contributed by atoms with van der Waals surface area (Å²) in [4.78, 5) is 11.3. The molecule has 0 saturated heterocycles. The Morgan fingerprint density at radius 3 is 2.35 bits per heavy atom. The number of ether oxygens (including phenoxy) is 1. The highest BCUT2D eigenvalue weighted by molar-refractivity contribution is 6.21. The fraction of sp³-hybridized carbons (Fsp3) is 0.500. The van der Waals surface area contributed by atoms with Crippen molar-refractivity contribution in [3.63, 3.8) is 0 Å². The van der Waals surface area contributed by atoms with E-state index in [0.29, 0.717) is 0 Å². The molecule has 0 aliphatic carbocycles. The van der Waals surface area contributed by atoms with Crippen molar-refractivity contribution in [1.29, 1.82) is 0 Å². The van der Waals surface area contributed by atoms with E-state index < -0.39 is 23.0 Å². The lowest BCUT2D eigenvalue weighted by molar-refractivity contribution is -0.220. The summed E-state index contributed by atoms with van der Waals surface area (Å²) in [5.41, 5.74) is 0.0925. The molecule has 2 atom stereocenters. The number of hydrogen-bond acceptors (Lipinski definition) is 4. The van der Waals surface area contributed by atoms with Crippen LogP contribution in [0.1, 0.15) is 26.3 Å². The Hall–Kier alpha value is -1.14. The second-order valence-electron chi connectivity index (χ2n) is 5.50. The molecule has 1 aromatic carbocycles. The number of hydrogen-bond donors (Lipinski definition) is 3. The van der Waals surface area contributed by atoms with Gasteiger partial charge in [-0.2, -0.15) is 0 Å². The molecule has 0 amide bonds. The van der Waals surface area contributed by atoms with Crippen LogP contribution in [0.3, 0.4) is 0 Å². The van der Waals surface area contributed by atoms with E-state index in [1.165, 1.54) is 0 Å². The van der Waals surface area contributed by atoms with Gasteiger partial charge in [0.1, 0.15) is 6.04 Å². The zero-order valence-electron chi connectivity index (χ0n) is 11.8. The van der Waals surface area contributed by atoms with Gasteiger partial charge in [0.15, 0.2) is 0 Å². The van der Waals surface area contributed by atoms with E-state index in [4.69, 9.17) is 16.3 Å². The van der Waals surface area contributed by atoms with Crippen LogP contribution in [0.25, 0.3) is 0 Å². The largest absolute Gasteiger partial charge is 0.480 e. The first kappa shape index (κ1) is 16.9. The summed E-state index contributed by atoms with van der Waals surface area (Å²) >= 11 is 5.78. The monoisotopic (exact) mass is 301 g/mol. The first-order chi connectivity index (χ1) is 9.09. The number of carboxylic acid groups (broad SMARTS) is 1. The summed E-state index contributed by atoms with van der Waals surface area (Å²) in [6.45, 7) is 5.11. The highest BCUT2D eigenvalue weighted by Crippen LogP contribution is 2.20. The second kappa shape index (κ2) is 6.54. The Morgan fingerprint density at radius 1 is 1.35 bits per heavy atom. The van der Waals surface area contributed by atoms with E-state index >= 15 is 0 Å². The normalized spacial score (nSPS) is 16.4. The molecule has 1 aromatic rings. The van der Waals surface area contributed by atoms with Crippen molar-refractivity contribution in [1.82, 2.24) is 5.32 Å². The molecule has 0 bridgehead atoms. The number of halogens is 1. The van der Waals surface area contributed by atoms with Gasteiger partial charge in [-0.3, -0.25) is 4.79 Å². The number of aliphatic hydroxyl groups is 1. The van der Waals surface area contributed by atoms with E-state index in [-0.39, 0.29) is 6.42 Å². The fourth-order valence-electron chi connectivity index (χ4n) is 1.70. The van der Waals surface area contributed by atoms with Gasteiger partial charge in [-0.05, 0) is 44.4 Å². The Balaban J connectivity index is 2.75. The van der Waals surface area contributed by atoms with Crippen LogP contribution in [0.4, 0.5) is 0 Å². The SMILES string of the molecule is CC(C)(C)OC(O)(Cl)N[C@@H](Cc1ccccc1)C(=O)O. The van der Waals surface area contributed by atoms with Gasteiger partial charge in [0, 0.05) is 0 Å². The van der Waals surface area contributed by atoms with Crippen LogP contribution in [-0.2, 0) is 16.0 Å². The highest BCUT2D eigenvalue weighted by Gasteiger charge is 2.35. The number of rotatable bonds is 6. The lowest BCUT2D eigenvalue weighted by atomic mass is 10.1. The molecule has 0 aromatic heterocycles. The van der Waals surface area contributed by atoms with Crippen LogP contribution >= 0.6 is 11.6 Å². The Labute approximate surface area is 123 Å². The van der Waals surface area contributed by atoms with Gasteiger partial charge in [-0.1, -0.05) is 30.3 Å². The highest BCUT2D eigenvalue weighted by atomic mass is 35.5. The van der Waals surface area contributed by atoms with Gasteiger partial charge in [0.2, 0.25) is 0 Å². The van der Waals surface area contributed by atoms with Gasteiger partial charge < -0.3 is 14.9 Å². The van der Waals surface area contributed by atoms with Crippen molar-refractivity contribution in [2.24, 2.45) is 0 Å². The predicted octanol–water partition coefficient (Wildman–Crippen LogP) is 1.93. The smallest absolute Gasteiger partial charge is 0.321 e. The average Bonchev–Trinajstić information content (AvgIpc) is 2.25. The van der Waals surface area contributed by atoms with Crippen molar-refractivity contribution >= 4 is 17.6 Å². The van der Waals surface area contributed by atoms with Crippen LogP contribution < -0.4 is 5.32 Å². The van der Waals surface area contributed by atoms with Crippen LogP contribution in [0.2, 0.25) is 0 Å². The fourth-order valence-corrected chi connectivity index (χ4v) is 2.06. The number of carbonyl (C=O) groups is 1. The standard InChI is InChI=1S/C14H20ClNO4/c1-13(2,3)20-14(15,19)16-11(12(17)18)9-10-7-5-4-6-8-10/h4-8,11,16,19H,9H2,1-3H3,(H,17,18)/t11-,14?/m0/s1. The lowest BCUT2D eigenvalue weighted by Crippen LogP contribution is -2.54. The van der Waals surface area contributed by atoms with Crippen molar-refractivity contribution in [3.8, 4) is 0 Å². The minimum absolute atomic E-state index is 0.179. The van der Waals surface area contributed by atoms with Gasteiger partial charge in [0.25, 0.3) is 0 Å².